The van der Waals surface area contributed by atoms with Crippen molar-refractivity contribution in [3.8, 4) is 0 Å². The van der Waals surface area contributed by atoms with E-state index in [-0.39, 0.29) is 0 Å². The molecular formula is C7H12O. The molecule has 0 amide bonds. The third-order valence-corrected chi connectivity index (χ3v) is 1.24. The van der Waals surface area contributed by atoms with Crippen LogP contribution in [-0.4, -0.2) is 6.61 Å². The molecule has 0 aromatic heterocycles. The van der Waals surface area contributed by atoms with E-state index in [1.807, 2.05) is 13.2 Å². The van der Waals surface area contributed by atoms with Gasteiger partial charge in [-0.15, -0.1) is 0 Å². The van der Waals surface area contributed by atoms with Gasteiger partial charge in [-0.05, 0) is 31.8 Å². The molecule has 0 aromatic rings. The van der Waals surface area contributed by atoms with Gasteiger partial charge in [0.1, 0.15) is 0 Å². The Morgan fingerprint density at radius 2 is 2.38 bits per heavy atom. The molecule has 0 unspecified atom stereocenters. The highest BCUT2D eigenvalue weighted by molar-refractivity contribution is 4.92. The topological polar surface area (TPSA) is 9.23 Å². The van der Waals surface area contributed by atoms with Crippen molar-refractivity contribution in [3.05, 3.63) is 12.3 Å². The van der Waals surface area contributed by atoms with Crippen molar-refractivity contribution in [1.82, 2.24) is 0 Å². The SMILES string of the molecule is CCO/C=C/C1CC1. The molecule has 1 nitrogen and oxygen atoms in total. The number of allylic oxidation sites excluding steroid dienone is 1. The second kappa shape index (κ2) is 2.75. The summed E-state index contributed by atoms with van der Waals surface area (Å²) >= 11 is 0. The Labute approximate surface area is 50.3 Å². The maximum Gasteiger partial charge on any atom is 0.0845 e. The maximum atomic E-state index is 5.00. The Kier molecular flexibility index (Phi) is 1.95. The van der Waals surface area contributed by atoms with Gasteiger partial charge in [-0.3, -0.25) is 0 Å². The number of hydrogen-bond donors (Lipinski definition) is 0. The lowest BCUT2D eigenvalue weighted by Crippen LogP contribution is -1.76. The molecular weight excluding hydrogens is 100 g/mol. The number of hydrogen-bond acceptors (Lipinski definition) is 1. The fourth-order valence-electron chi connectivity index (χ4n) is 0.552. The monoisotopic (exact) mass is 112 g/mol. The first-order valence-electron chi connectivity index (χ1n) is 3.21. The Hall–Kier alpha value is -0.460. The van der Waals surface area contributed by atoms with Crippen molar-refractivity contribution in [1.29, 1.82) is 0 Å². The van der Waals surface area contributed by atoms with Gasteiger partial charge in [0.15, 0.2) is 0 Å². The zero-order valence-corrected chi connectivity index (χ0v) is 5.26. The summed E-state index contributed by atoms with van der Waals surface area (Å²) < 4.78 is 5.00. The summed E-state index contributed by atoms with van der Waals surface area (Å²) in [6.07, 6.45) is 6.69. The molecule has 0 aromatic carbocycles. The molecule has 46 valence electrons. The van der Waals surface area contributed by atoms with Gasteiger partial charge in [0.2, 0.25) is 0 Å². The van der Waals surface area contributed by atoms with E-state index in [0.717, 1.165) is 12.5 Å². The van der Waals surface area contributed by atoms with E-state index < -0.39 is 0 Å². The molecule has 0 saturated heterocycles. The van der Waals surface area contributed by atoms with E-state index in [1.54, 1.807) is 0 Å². The highest BCUT2D eigenvalue weighted by Crippen LogP contribution is 2.29. The standard InChI is InChI=1S/C7H12O/c1-2-8-6-5-7-3-4-7/h5-7H,2-4H2,1H3/b6-5+. The van der Waals surface area contributed by atoms with Gasteiger partial charge in [0.25, 0.3) is 0 Å². The summed E-state index contributed by atoms with van der Waals surface area (Å²) in [5.74, 6) is 0.849. The van der Waals surface area contributed by atoms with Gasteiger partial charge in [0.05, 0.1) is 12.9 Å². The second-order valence-corrected chi connectivity index (χ2v) is 2.12. The highest BCUT2D eigenvalue weighted by atomic mass is 16.5. The minimum atomic E-state index is 0.795. The lowest BCUT2D eigenvalue weighted by molar-refractivity contribution is 0.268. The van der Waals surface area contributed by atoms with Gasteiger partial charge in [0, 0.05) is 0 Å². The first-order chi connectivity index (χ1) is 3.93. The molecule has 1 fully saturated rings. The van der Waals surface area contributed by atoms with Gasteiger partial charge < -0.3 is 4.74 Å². The van der Waals surface area contributed by atoms with Crippen LogP contribution in [0.25, 0.3) is 0 Å². The minimum Gasteiger partial charge on any atom is -0.502 e. The fourth-order valence-corrected chi connectivity index (χ4v) is 0.552. The summed E-state index contributed by atoms with van der Waals surface area (Å²) in [6.45, 7) is 2.79. The van der Waals surface area contributed by atoms with Gasteiger partial charge in [-0.2, -0.15) is 0 Å². The minimum absolute atomic E-state index is 0.795. The number of rotatable bonds is 3. The Morgan fingerprint density at radius 1 is 1.62 bits per heavy atom. The molecule has 0 radical (unpaired) electrons. The average Bonchev–Trinajstić information content (AvgIpc) is 2.51. The molecule has 1 aliphatic rings. The van der Waals surface area contributed by atoms with Gasteiger partial charge >= 0.3 is 0 Å². The Morgan fingerprint density at radius 3 is 2.88 bits per heavy atom. The Bertz CT molecular complexity index is 82.4. The van der Waals surface area contributed by atoms with Crippen LogP contribution in [0.3, 0.4) is 0 Å². The lowest BCUT2D eigenvalue weighted by Gasteiger charge is -1.89. The van der Waals surface area contributed by atoms with Crippen LogP contribution >= 0.6 is 0 Å². The van der Waals surface area contributed by atoms with Crippen molar-refractivity contribution in [2.75, 3.05) is 6.61 Å². The van der Waals surface area contributed by atoms with Crippen LogP contribution in [0.5, 0.6) is 0 Å². The average molecular weight is 112 g/mol. The summed E-state index contributed by atoms with van der Waals surface area (Å²) in [5.41, 5.74) is 0. The van der Waals surface area contributed by atoms with E-state index in [9.17, 15) is 0 Å². The van der Waals surface area contributed by atoms with Crippen LogP contribution in [0.4, 0.5) is 0 Å². The molecule has 8 heavy (non-hydrogen) atoms. The van der Waals surface area contributed by atoms with Crippen LogP contribution in [0.2, 0.25) is 0 Å². The molecule has 0 spiro atoms. The van der Waals surface area contributed by atoms with Crippen LogP contribution < -0.4 is 0 Å². The Balaban J connectivity index is 1.96. The molecule has 0 atom stereocenters. The molecule has 0 aliphatic heterocycles. The molecule has 1 rings (SSSR count). The first kappa shape index (κ1) is 5.67. The zero-order chi connectivity index (χ0) is 5.82. The quantitative estimate of drug-likeness (QED) is 0.507. The molecule has 1 aliphatic carbocycles. The van der Waals surface area contributed by atoms with Crippen molar-refractivity contribution in [3.63, 3.8) is 0 Å². The van der Waals surface area contributed by atoms with Crippen molar-refractivity contribution in [2.45, 2.75) is 19.8 Å². The van der Waals surface area contributed by atoms with Crippen molar-refractivity contribution < 1.29 is 4.74 Å². The summed E-state index contributed by atoms with van der Waals surface area (Å²) in [6, 6.07) is 0. The van der Waals surface area contributed by atoms with Gasteiger partial charge in [-0.25, -0.2) is 0 Å². The van der Waals surface area contributed by atoms with Crippen LogP contribution in [0, 0.1) is 5.92 Å². The van der Waals surface area contributed by atoms with Crippen LogP contribution in [0.15, 0.2) is 12.3 Å². The fraction of sp³-hybridized carbons (Fsp3) is 0.714. The van der Waals surface area contributed by atoms with E-state index in [2.05, 4.69) is 6.08 Å². The van der Waals surface area contributed by atoms with Crippen molar-refractivity contribution in [2.24, 2.45) is 5.92 Å². The third-order valence-electron chi connectivity index (χ3n) is 1.24. The van der Waals surface area contributed by atoms with E-state index >= 15 is 0 Å². The summed E-state index contributed by atoms with van der Waals surface area (Å²) in [4.78, 5) is 0. The lowest BCUT2D eigenvalue weighted by atomic mass is 10.4. The predicted octanol–water partition coefficient (Wildman–Crippen LogP) is 1.95. The van der Waals surface area contributed by atoms with E-state index in [4.69, 9.17) is 4.74 Å². The van der Waals surface area contributed by atoms with Crippen LogP contribution in [-0.2, 0) is 4.74 Å². The summed E-state index contributed by atoms with van der Waals surface area (Å²) in [7, 11) is 0. The van der Waals surface area contributed by atoms with E-state index in [1.165, 1.54) is 12.8 Å². The largest absolute Gasteiger partial charge is 0.502 e. The van der Waals surface area contributed by atoms with E-state index in [0.29, 0.717) is 0 Å². The second-order valence-electron chi connectivity index (χ2n) is 2.12. The highest BCUT2D eigenvalue weighted by Gasteiger charge is 2.16. The first-order valence-corrected chi connectivity index (χ1v) is 3.21. The summed E-state index contributed by atoms with van der Waals surface area (Å²) in [5, 5.41) is 0. The maximum absolute atomic E-state index is 5.00. The third kappa shape index (κ3) is 2.01. The zero-order valence-electron chi connectivity index (χ0n) is 5.26. The molecule has 0 N–H and O–H groups in total. The van der Waals surface area contributed by atoms with Gasteiger partial charge in [-0.1, -0.05) is 0 Å². The molecule has 0 bridgehead atoms. The number of ether oxygens (including phenoxy) is 1. The normalized spacial score (nSPS) is 19.6. The smallest absolute Gasteiger partial charge is 0.0845 e. The molecule has 1 heteroatoms. The van der Waals surface area contributed by atoms with Crippen molar-refractivity contribution >= 4 is 0 Å². The predicted molar refractivity (Wildman–Crippen MR) is 33.5 cm³/mol. The molecule has 0 heterocycles. The molecule has 1 saturated carbocycles. The van der Waals surface area contributed by atoms with Crippen LogP contribution in [0.1, 0.15) is 19.8 Å².